The molecule has 0 amide bonds. The number of pyridine rings is 1. The van der Waals surface area contributed by atoms with E-state index in [2.05, 4.69) is 34.2 Å². The van der Waals surface area contributed by atoms with Crippen molar-refractivity contribution in [2.45, 2.75) is 0 Å². The third-order valence-electron chi connectivity index (χ3n) is 4.41. The summed E-state index contributed by atoms with van der Waals surface area (Å²) >= 11 is 6.08. The number of anilines is 1. The molecule has 3 nitrogen and oxygen atoms in total. The molecule has 0 saturated heterocycles. The molecule has 0 fully saturated rings. The maximum Gasteiger partial charge on any atom is 0.132 e. The number of nitrogens with one attached hydrogen (secondary N) is 1. The third-order valence-corrected chi connectivity index (χ3v) is 4.65. The van der Waals surface area contributed by atoms with Gasteiger partial charge in [0.1, 0.15) is 5.82 Å². The van der Waals surface area contributed by atoms with Gasteiger partial charge in [0.05, 0.1) is 5.52 Å². The Morgan fingerprint density at radius 1 is 0.783 bits per heavy atom. The molecule has 3 N–H and O–H groups in total. The van der Waals surface area contributed by atoms with Gasteiger partial charge in [0.15, 0.2) is 0 Å². The van der Waals surface area contributed by atoms with Gasteiger partial charge in [0, 0.05) is 37.6 Å². The Kier molecular flexibility index (Phi) is 2.42. The number of aromatic amines is 1. The van der Waals surface area contributed by atoms with E-state index in [1.807, 2.05) is 30.3 Å². The van der Waals surface area contributed by atoms with E-state index in [1.54, 1.807) is 0 Å². The molecule has 3 aromatic carbocycles. The fraction of sp³-hybridized carbons (Fsp3) is 0. The van der Waals surface area contributed by atoms with Gasteiger partial charge in [-0.15, -0.1) is 0 Å². The summed E-state index contributed by atoms with van der Waals surface area (Å²) in [6.07, 6.45) is 0. The summed E-state index contributed by atoms with van der Waals surface area (Å²) in [5.74, 6) is 0.530. The first-order chi connectivity index (χ1) is 11.2. The van der Waals surface area contributed by atoms with Crippen molar-refractivity contribution in [1.82, 2.24) is 9.97 Å². The fourth-order valence-electron chi connectivity index (χ4n) is 3.35. The molecular weight excluding hydrogens is 306 g/mol. The molecule has 0 spiro atoms. The third kappa shape index (κ3) is 1.74. The Hall–Kier alpha value is -2.78. The van der Waals surface area contributed by atoms with E-state index in [9.17, 15) is 0 Å². The van der Waals surface area contributed by atoms with Crippen molar-refractivity contribution in [3.8, 4) is 0 Å². The van der Waals surface area contributed by atoms with Crippen LogP contribution in [-0.2, 0) is 0 Å². The molecule has 0 saturated carbocycles. The molecule has 5 aromatic rings. The summed E-state index contributed by atoms with van der Waals surface area (Å²) in [6, 6.07) is 18.3. The lowest BCUT2D eigenvalue weighted by molar-refractivity contribution is 1.45. The van der Waals surface area contributed by atoms with Crippen LogP contribution in [0.2, 0.25) is 5.02 Å². The number of aromatic nitrogens is 2. The zero-order chi connectivity index (χ0) is 15.6. The van der Waals surface area contributed by atoms with E-state index >= 15 is 0 Å². The Morgan fingerprint density at radius 3 is 2.57 bits per heavy atom. The second-order valence-electron chi connectivity index (χ2n) is 5.77. The maximum absolute atomic E-state index is 6.21. The highest BCUT2D eigenvalue weighted by atomic mass is 35.5. The molecule has 0 radical (unpaired) electrons. The average molecular weight is 318 g/mol. The van der Waals surface area contributed by atoms with Crippen molar-refractivity contribution in [2.24, 2.45) is 0 Å². The summed E-state index contributed by atoms with van der Waals surface area (Å²) < 4.78 is 0. The molecule has 0 aliphatic rings. The summed E-state index contributed by atoms with van der Waals surface area (Å²) in [4.78, 5) is 8.00. The average Bonchev–Trinajstić information content (AvgIpc) is 2.91. The van der Waals surface area contributed by atoms with E-state index in [0.717, 1.165) is 38.1 Å². The van der Waals surface area contributed by atoms with Crippen molar-refractivity contribution in [2.75, 3.05) is 5.73 Å². The number of nitrogen functional groups attached to an aromatic ring is 1. The lowest BCUT2D eigenvalue weighted by Gasteiger charge is -2.07. The smallest absolute Gasteiger partial charge is 0.132 e. The maximum atomic E-state index is 6.21. The van der Waals surface area contributed by atoms with Gasteiger partial charge >= 0.3 is 0 Å². The highest BCUT2D eigenvalue weighted by Crippen LogP contribution is 2.35. The number of hydrogen-bond acceptors (Lipinski definition) is 2. The predicted molar refractivity (Wildman–Crippen MR) is 98.0 cm³/mol. The summed E-state index contributed by atoms with van der Waals surface area (Å²) in [5, 5.41) is 6.13. The van der Waals surface area contributed by atoms with Crippen LogP contribution >= 0.6 is 11.6 Å². The van der Waals surface area contributed by atoms with Crippen molar-refractivity contribution in [3.63, 3.8) is 0 Å². The van der Waals surface area contributed by atoms with Crippen molar-refractivity contribution < 1.29 is 0 Å². The number of fused-ring (bicyclic) bond motifs is 6. The van der Waals surface area contributed by atoms with Crippen LogP contribution in [0, 0.1) is 0 Å². The molecule has 23 heavy (non-hydrogen) atoms. The molecule has 0 bridgehead atoms. The molecule has 0 aliphatic carbocycles. The molecule has 0 aliphatic heterocycles. The molecule has 0 unspecified atom stereocenters. The summed E-state index contributed by atoms with van der Waals surface area (Å²) in [7, 11) is 0. The SMILES string of the molecule is Nc1nc2cc(Cl)ccc2c2cc3[nH]c4ccccc4c3cc12. The number of H-pyrrole nitrogens is 1. The van der Waals surface area contributed by atoms with E-state index in [-0.39, 0.29) is 0 Å². The minimum atomic E-state index is 0.530. The summed E-state index contributed by atoms with van der Waals surface area (Å²) in [6.45, 7) is 0. The summed E-state index contributed by atoms with van der Waals surface area (Å²) in [5.41, 5.74) is 9.25. The van der Waals surface area contributed by atoms with Crippen LogP contribution in [-0.4, -0.2) is 9.97 Å². The van der Waals surface area contributed by atoms with Gasteiger partial charge < -0.3 is 10.7 Å². The topological polar surface area (TPSA) is 54.7 Å². The zero-order valence-corrected chi connectivity index (χ0v) is 12.9. The van der Waals surface area contributed by atoms with E-state index in [4.69, 9.17) is 17.3 Å². The zero-order valence-electron chi connectivity index (χ0n) is 12.1. The lowest BCUT2D eigenvalue weighted by atomic mass is 10.0. The van der Waals surface area contributed by atoms with Gasteiger partial charge in [-0.05, 0) is 35.7 Å². The number of para-hydroxylation sites is 1. The molecule has 0 atom stereocenters. The minimum Gasteiger partial charge on any atom is -0.383 e. The van der Waals surface area contributed by atoms with Crippen LogP contribution in [0.15, 0.2) is 54.6 Å². The Morgan fingerprint density at radius 2 is 1.65 bits per heavy atom. The second-order valence-corrected chi connectivity index (χ2v) is 6.21. The van der Waals surface area contributed by atoms with Gasteiger partial charge in [0.25, 0.3) is 0 Å². The number of benzene rings is 3. The van der Waals surface area contributed by atoms with Gasteiger partial charge in [-0.3, -0.25) is 0 Å². The van der Waals surface area contributed by atoms with Crippen LogP contribution in [0.1, 0.15) is 0 Å². The van der Waals surface area contributed by atoms with E-state index in [1.165, 1.54) is 5.39 Å². The molecule has 2 heterocycles. The van der Waals surface area contributed by atoms with Crippen LogP contribution in [0.25, 0.3) is 43.5 Å². The monoisotopic (exact) mass is 317 g/mol. The number of nitrogens with zero attached hydrogens (tertiary/aromatic N) is 1. The van der Waals surface area contributed by atoms with Crippen LogP contribution in [0.3, 0.4) is 0 Å². The van der Waals surface area contributed by atoms with E-state index in [0.29, 0.717) is 10.8 Å². The first kappa shape index (κ1) is 12.7. The first-order valence-corrected chi connectivity index (χ1v) is 7.77. The van der Waals surface area contributed by atoms with Gasteiger partial charge in [-0.25, -0.2) is 4.98 Å². The Balaban J connectivity index is 2.03. The quantitative estimate of drug-likeness (QED) is 0.383. The number of rotatable bonds is 0. The van der Waals surface area contributed by atoms with Gasteiger partial charge in [0.2, 0.25) is 0 Å². The number of halogens is 1. The van der Waals surface area contributed by atoms with E-state index < -0.39 is 0 Å². The molecule has 110 valence electrons. The van der Waals surface area contributed by atoms with Crippen molar-refractivity contribution >= 4 is 60.9 Å². The Labute approximate surface area is 136 Å². The minimum absolute atomic E-state index is 0.530. The number of hydrogen-bond donors (Lipinski definition) is 2. The fourth-order valence-corrected chi connectivity index (χ4v) is 3.51. The Bertz CT molecular complexity index is 1240. The largest absolute Gasteiger partial charge is 0.383 e. The lowest BCUT2D eigenvalue weighted by Crippen LogP contribution is -1.93. The molecule has 4 heteroatoms. The highest BCUT2D eigenvalue weighted by molar-refractivity contribution is 6.31. The normalized spacial score (nSPS) is 11.9. The number of nitrogens with two attached hydrogens (primary N) is 1. The molecule has 5 rings (SSSR count). The standard InChI is InChI=1S/C19H12ClN3/c20-10-5-6-12-13-9-18-14(11-3-1-2-4-16(11)22-18)8-15(13)19(21)23-17(12)7-10/h1-9,22H,(H2,21,23). The molecular formula is C19H12ClN3. The van der Waals surface area contributed by atoms with Crippen LogP contribution in [0.4, 0.5) is 5.82 Å². The molecule has 2 aromatic heterocycles. The predicted octanol–water partition coefficient (Wildman–Crippen LogP) is 5.26. The highest BCUT2D eigenvalue weighted by Gasteiger charge is 2.11. The van der Waals surface area contributed by atoms with Crippen LogP contribution in [0.5, 0.6) is 0 Å². The van der Waals surface area contributed by atoms with Crippen molar-refractivity contribution in [1.29, 1.82) is 0 Å². The second kappa shape index (κ2) is 4.37. The van der Waals surface area contributed by atoms with Gasteiger partial charge in [-0.1, -0.05) is 35.9 Å². The van der Waals surface area contributed by atoms with Crippen molar-refractivity contribution in [3.05, 3.63) is 59.6 Å². The first-order valence-electron chi connectivity index (χ1n) is 7.39. The van der Waals surface area contributed by atoms with Crippen LogP contribution < -0.4 is 5.73 Å². The van der Waals surface area contributed by atoms with Gasteiger partial charge in [-0.2, -0.15) is 0 Å².